The molecule has 0 unspecified atom stereocenters. The number of nitrogens with one attached hydrogen (secondary N) is 1. The minimum Gasteiger partial charge on any atom is -0.388 e. The lowest BCUT2D eigenvalue weighted by Gasteiger charge is -2.03. The van der Waals surface area contributed by atoms with Gasteiger partial charge in [0, 0.05) is 29.4 Å². The molecule has 0 radical (unpaired) electrons. The summed E-state index contributed by atoms with van der Waals surface area (Å²) >= 11 is 8.17. The highest BCUT2D eigenvalue weighted by Gasteiger charge is 2.28. The highest BCUT2D eigenvalue weighted by atomic mass is 32.2. The number of benzene rings is 1. The molecule has 1 aromatic heterocycles. The zero-order valence-electron chi connectivity index (χ0n) is 11.0. The first kappa shape index (κ1) is 13.6. The van der Waals surface area contributed by atoms with Crippen LogP contribution in [0.3, 0.4) is 0 Å². The standard InChI is InChI=1S/C14H12N2OS3/c1-15-9-3-4-11-8(5-9)6-10(19-11)7-12-13(17)16(2)14(18)20-12/h3-7,15H,1-2H3/b12-7-. The number of fused-ring (bicyclic) bond motifs is 1. The second-order valence-electron chi connectivity index (χ2n) is 4.39. The van der Waals surface area contributed by atoms with E-state index in [1.165, 1.54) is 26.7 Å². The first-order valence-corrected chi connectivity index (χ1v) is 8.05. The Morgan fingerprint density at radius 1 is 1.35 bits per heavy atom. The number of hydrogen-bond donors (Lipinski definition) is 1. The molecule has 0 bridgehead atoms. The third-order valence-electron chi connectivity index (χ3n) is 3.08. The van der Waals surface area contributed by atoms with E-state index in [0.29, 0.717) is 9.23 Å². The van der Waals surface area contributed by atoms with Gasteiger partial charge in [-0.05, 0) is 35.7 Å². The van der Waals surface area contributed by atoms with Crippen molar-refractivity contribution in [2.24, 2.45) is 0 Å². The van der Waals surface area contributed by atoms with Crippen LogP contribution in [0.25, 0.3) is 16.2 Å². The van der Waals surface area contributed by atoms with E-state index >= 15 is 0 Å². The van der Waals surface area contributed by atoms with Gasteiger partial charge in [-0.3, -0.25) is 9.69 Å². The number of anilines is 1. The normalized spacial score (nSPS) is 17.5. The van der Waals surface area contributed by atoms with Gasteiger partial charge in [0.05, 0.1) is 4.91 Å². The van der Waals surface area contributed by atoms with Gasteiger partial charge in [-0.2, -0.15) is 0 Å². The van der Waals surface area contributed by atoms with Crippen LogP contribution in [0.15, 0.2) is 29.2 Å². The quantitative estimate of drug-likeness (QED) is 0.674. The molecule has 2 aromatic rings. The molecule has 1 saturated heterocycles. The van der Waals surface area contributed by atoms with Crippen molar-refractivity contribution in [1.29, 1.82) is 0 Å². The lowest BCUT2D eigenvalue weighted by molar-refractivity contribution is -0.121. The third kappa shape index (κ3) is 2.34. The Labute approximate surface area is 130 Å². The Morgan fingerprint density at radius 3 is 2.80 bits per heavy atom. The van der Waals surface area contributed by atoms with Gasteiger partial charge in [-0.25, -0.2) is 0 Å². The molecule has 1 aromatic carbocycles. The highest BCUT2D eigenvalue weighted by molar-refractivity contribution is 8.26. The number of nitrogens with zero attached hydrogens (tertiary/aromatic N) is 1. The van der Waals surface area contributed by atoms with Crippen molar-refractivity contribution in [1.82, 2.24) is 4.90 Å². The third-order valence-corrected chi connectivity index (χ3v) is 5.63. The summed E-state index contributed by atoms with van der Waals surface area (Å²) in [5.74, 6) is -0.0200. The second-order valence-corrected chi connectivity index (χ2v) is 7.18. The van der Waals surface area contributed by atoms with Crippen LogP contribution in [-0.4, -0.2) is 29.2 Å². The largest absolute Gasteiger partial charge is 0.388 e. The van der Waals surface area contributed by atoms with Gasteiger partial charge in [0.25, 0.3) is 5.91 Å². The van der Waals surface area contributed by atoms with Crippen LogP contribution in [-0.2, 0) is 4.79 Å². The summed E-state index contributed by atoms with van der Waals surface area (Å²) in [4.78, 5) is 15.3. The molecule has 1 N–H and O–H groups in total. The first-order chi connectivity index (χ1) is 9.58. The van der Waals surface area contributed by atoms with Crippen molar-refractivity contribution in [3.63, 3.8) is 0 Å². The zero-order chi connectivity index (χ0) is 14.3. The number of rotatable bonds is 2. The Bertz CT molecular complexity index is 748. The highest BCUT2D eigenvalue weighted by Crippen LogP contribution is 2.35. The molecule has 2 heterocycles. The molecule has 1 amide bonds. The first-order valence-electron chi connectivity index (χ1n) is 6.01. The fraction of sp³-hybridized carbons (Fsp3) is 0.143. The van der Waals surface area contributed by atoms with Gasteiger partial charge in [-0.1, -0.05) is 24.0 Å². The number of carbonyl (C=O) groups is 1. The fourth-order valence-corrected chi connectivity index (χ4v) is 4.20. The maximum absolute atomic E-state index is 12.0. The number of likely N-dealkylation sites (N-methyl/N-ethyl adjacent to an activating group) is 1. The monoisotopic (exact) mass is 320 g/mol. The molecule has 1 fully saturated rings. The van der Waals surface area contributed by atoms with Crippen molar-refractivity contribution >= 4 is 67.4 Å². The van der Waals surface area contributed by atoms with Gasteiger partial charge in [-0.15, -0.1) is 11.3 Å². The van der Waals surface area contributed by atoms with Gasteiger partial charge < -0.3 is 5.32 Å². The van der Waals surface area contributed by atoms with Crippen LogP contribution >= 0.6 is 35.3 Å². The minimum atomic E-state index is -0.0200. The van der Waals surface area contributed by atoms with Gasteiger partial charge >= 0.3 is 0 Å². The van der Waals surface area contributed by atoms with Gasteiger partial charge in [0.15, 0.2) is 0 Å². The summed E-state index contributed by atoms with van der Waals surface area (Å²) in [6.45, 7) is 0. The smallest absolute Gasteiger partial charge is 0.265 e. The summed E-state index contributed by atoms with van der Waals surface area (Å²) in [6.07, 6.45) is 1.92. The lowest BCUT2D eigenvalue weighted by Crippen LogP contribution is -2.22. The summed E-state index contributed by atoms with van der Waals surface area (Å²) in [6, 6.07) is 8.35. The van der Waals surface area contributed by atoms with Crippen molar-refractivity contribution in [3.8, 4) is 0 Å². The Morgan fingerprint density at radius 2 is 2.15 bits per heavy atom. The van der Waals surface area contributed by atoms with E-state index < -0.39 is 0 Å². The second kappa shape index (κ2) is 5.20. The molecule has 0 saturated carbocycles. The van der Waals surface area contributed by atoms with E-state index in [1.54, 1.807) is 18.4 Å². The van der Waals surface area contributed by atoms with E-state index in [1.807, 2.05) is 19.2 Å². The predicted molar refractivity (Wildman–Crippen MR) is 92.3 cm³/mol. The van der Waals surface area contributed by atoms with E-state index in [4.69, 9.17) is 12.2 Å². The molecular weight excluding hydrogens is 308 g/mol. The zero-order valence-corrected chi connectivity index (χ0v) is 13.4. The number of thiophene rings is 1. The number of hydrogen-bond acceptors (Lipinski definition) is 5. The molecule has 20 heavy (non-hydrogen) atoms. The molecule has 0 atom stereocenters. The predicted octanol–water partition coefficient (Wildman–Crippen LogP) is 3.77. The number of thioether (sulfide) groups is 1. The minimum absolute atomic E-state index is 0.0200. The maximum atomic E-state index is 12.0. The van der Waals surface area contributed by atoms with Crippen molar-refractivity contribution in [2.75, 3.05) is 19.4 Å². The van der Waals surface area contributed by atoms with Crippen LogP contribution in [0.5, 0.6) is 0 Å². The van der Waals surface area contributed by atoms with E-state index in [2.05, 4.69) is 23.5 Å². The summed E-state index contributed by atoms with van der Waals surface area (Å²) in [5.41, 5.74) is 1.08. The van der Waals surface area contributed by atoms with E-state index in [9.17, 15) is 4.79 Å². The molecule has 3 nitrogen and oxygen atoms in total. The number of amides is 1. The van der Waals surface area contributed by atoms with Gasteiger partial charge in [0.1, 0.15) is 4.32 Å². The molecule has 1 aliphatic rings. The van der Waals surface area contributed by atoms with Crippen LogP contribution in [0.2, 0.25) is 0 Å². The number of carbonyl (C=O) groups excluding carboxylic acids is 1. The summed E-state index contributed by atoms with van der Waals surface area (Å²) in [7, 11) is 3.61. The SMILES string of the molecule is CNc1ccc2sc(/C=C3\SC(=S)N(C)C3=O)cc2c1. The van der Waals surface area contributed by atoms with Crippen LogP contribution in [0.1, 0.15) is 4.88 Å². The van der Waals surface area contributed by atoms with E-state index in [0.717, 1.165) is 10.6 Å². The Kier molecular flexibility index (Phi) is 3.54. The topological polar surface area (TPSA) is 32.3 Å². The fourth-order valence-electron chi connectivity index (χ4n) is 1.97. The Hall–Kier alpha value is -1.37. The van der Waals surface area contributed by atoms with Gasteiger partial charge in [0.2, 0.25) is 0 Å². The number of thiocarbonyl (C=S) groups is 1. The Balaban J connectivity index is 1.99. The van der Waals surface area contributed by atoms with Crippen molar-refractivity contribution in [3.05, 3.63) is 34.0 Å². The summed E-state index contributed by atoms with van der Waals surface area (Å²) < 4.78 is 1.82. The van der Waals surface area contributed by atoms with Crippen LogP contribution < -0.4 is 5.32 Å². The van der Waals surface area contributed by atoms with Crippen LogP contribution in [0.4, 0.5) is 5.69 Å². The maximum Gasteiger partial charge on any atom is 0.265 e. The van der Waals surface area contributed by atoms with Crippen molar-refractivity contribution < 1.29 is 4.79 Å². The molecule has 1 aliphatic heterocycles. The lowest BCUT2D eigenvalue weighted by atomic mass is 10.2. The average molecular weight is 320 g/mol. The average Bonchev–Trinajstić information content (AvgIpc) is 2.95. The molecule has 0 aliphatic carbocycles. The molecule has 3 rings (SSSR count). The molecular formula is C14H12N2OS3. The van der Waals surface area contributed by atoms with Crippen molar-refractivity contribution in [2.45, 2.75) is 0 Å². The molecule has 6 heteroatoms. The summed E-state index contributed by atoms with van der Waals surface area (Å²) in [5, 5.41) is 4.31. The van der Waals surface area contributed by atoms with E-state index in [-0.39, 0.29) is 5.91 Å². The molecule has 0 spiro atoms. The van der Waals surface area contributed by atoms with Crippen LogP contribution in [0, 0.1) is 0 Å². The molecule has 102 valence electrons.